The zero-order valence-electron chi connectivity index (χ0n) is 9.47. The van der Waals surface area contributed by atoms with Crippen molar-refractivity contribution < 1.29 is 8.42 Å². The Morgan fingerprint density at radius 3 is 2.68 bits per heavy atom. The Morgan fingerprint density at radius 1 is 1.32 bits per heavy atom. The van der Waals surface area contributed by atoms with E-state index in [9.17, 15) is 8.42 Å². The zero-order chi connectivity index (χ0) is 14.0. The summed E-state index contributed by atoms with van der Waals surface area (Å²) in [5.41, 5.74) is 5.82. The molecule has 0 amide bonds. The van der Waals surface area contributed by atoms with E-state index in [0.717, 1.165) is 4.47 Å². The highest BCUT2D eigenvalue weighted by molar-refractivity contribution is 9.10. The fourth-order valence-electron chi connectivity index (χ4n) is 1.40. The van der Waals surface area contributed by atoms with E-state index in [2.05, 4.69) is 25.6 Å². The van der Waals surface area contributed by atoms with Crippen LogP contribution in [0.25, 0.3) is 0 Å². The van der Waals surface area contributed by atoms with Gasteiger partial charge in [-0.2, -0.15) is 0 Å². The van der Waals surface area contributed by atoms with Crippen LogP contribution in [0.15, 0.2) is 45.9 Å². The molecular weight excluding hydrogens is 354 g/mol. The Morgan fingerprint density at radius 2 is 2.05 bits per heavy atom. The smallest absolute Gasteiger partial charge is 0.265 e. The molecule has 100 valence electrons. The number of sulfonamides is 1. The number of nitrogens with zero attached hydrogens (tertiary/aromatic N) is 1. The van der Waals surface area contributed by atoms with Crippen LogP contribution < -0.4 is 10.5 Å². The second-order valence-corrected chi connectivity index (χ2v) is 6.59. The largest absolute Gasteiger partial charge is 0.383 e. The summed E-state index contributed by atoms with van der Waals surface area (Å²) in [6.45, 7) is 0. The highest BCUT2D eigenvalue weighted by Crippen LogP contribution is 2.28. The van der Waals surface area contributed by atoms with Crippen molar-refractivity contribution in [3.05, 3.63) is 46.0 Å². The molecule has 1 aromatic carbocycles. The van der Waals surface area contributed by atoms with E-state index < -0.39 is 10.0 Å². The van der Waals surface area contributed by atoms with Gasteiger partial charge in [-0.15, -0.1) is 0 Å². The molecule has 5 nitrogen and oxygen atoms in total. The maximum Gasteiger partial charge on any atom is 0.265 e. The predicted octanol–water partition coefficient (Wildman–Crippen LogP) is 2.88. The highest BCUT2D eigenvalue weighted by Gasteiger charge is 2.19. The summed E-state index contributed by atoms with van der Waals surface area (Å²) in [5.74, 6) is -0.0664. The molecule has 0 aliphatic carbocycles. The first-order valence-electron chi connectivity index (χ1n) is 5.08. The van der Waals surface area contributed by atoms with Crippen molar-refractivity contribution in [2.24, 2.45) is 0 Å². The lowest BCUT2D eigenvalue weighted by atomic mass is 10.3. The van der Waals surface area contributed by atoms with Crippen LogP contribution in [0.3, 0.4) is 0 Å². The molecule has 2 rings (SSSR count). The molecule has 0 aliphatic heterocycles. The summed E-state index contributed by atoms with van der Waals surface area (Å²) in [6, 6.07) is 7.68. The van der Waals surface area contributed by atoms with Crippen molar-refractivity contribution in [3.8, 4) is 0 Å². The van der Waals surface area contributed by atoms with E-state index in [-0.39, 0.29) is 21.4 Å². The fraction of sp³-hybridized carbons (Fsp3) is 0. The highest BCUT2D eigenvalue weighted by atomic mass is 79.9. The van der Waals surface area contributed by atoms with Crippen molar-refractivity contribution in [1.82, 2.24) is 4.98 Å². The van der Waals surface area contributed by atoms with Crippen molar-refractivity contribution in [1.29, 1.82) is 0 Å². The van der Waals surface area contributed by atoms with Gasteiger partial charge >= 0.3 is 0 Å². The predicted molar refractivity (Wildman–Crippen MR) is 78.6 cm³/mol. The van der Waals surface area contributed by atoms with Crippen molar-refractivity contribution >= 4 is 49.1 Å². The van der Waals surface area contributed by atoms with Gasteiger partial charge < -0.3 is 5.73 Å². The number of hydrogen-bond donors (Lipinski definition) is 2. The molecule has 0 saturated heterocycles. The molecule has 0 radical (unpaired) electrons. The van der Waals surface area contributed by atoms with Gasteiger partial charge in [0, 0.05) is 10.7 Å². The molecule has 0 bridgehead atoms. The molecule has 0 unspecified atom stereocenters. The Kier molecular flexibility index (Phi) is 3.98. The van der Waals surface area contributed by atoms with Gasteiger partial charge in [0.2, 0.25) is 0 Å². The number of nitrogen functional groups attached to an aromatic ring is 1. The van der Waals surface area contributed by atoms with Gasteiger partial charge in [0.1, 0.15) is 10.7 Å². The first kappa shape index (κ1) is 14.1. The van der Waals surface area contributed by atoms with Crippen LogP contribution in [0.4, 0.5) is 11.5 Å². The molecule has 19 heavy (non-hydrogen) atoms. The Labute approximate surface area is 124 Å². The quantitative estimate of drug-likeness (QED) is 0.879. The van der Waals surface area contributed by atoms with Crippen molar-refractivity contribution in [2.45, 2.75) is 4.90 Å². The second kappa shape index (κ2) is 5.36. The van der Waals surface area contributed by atoms with E-state index in [1.807, 2.05) is 0 Å². The molecule has 8 heteroatoms. The molecule has 0 atom stereocenters. The normalized spacial score (nSPS) is 11.3. The number of hydrogen-bond acceptors (Lipinski definition) is 4. The van der Waals surface area contributed by atoms with Crippen LogP contribution in [-0.4, -0.2) is 13.4 Å². The lowest BCUT2D eigenvalue weighted by molar-refractivity contribution is 0.601. The molecule has 0 fully saturated rings. The number of nitrogens with one attached hydrogen (secondary N) is 1. The topological polar surface area (TPSA) is 85.1 Å². The summed E-state index contributed by atoms with van der Waals surface area (Å²) in [4.78, 5) is 3.65. The van der Waals surface area contributed by atoms with Crippen LogP contribution in [0, 0.1) is 0 Å². The summed E-state index contributed by atoms with van der Waals surface area (Å²) in [5, 5.41) is 0.278. The summed E-state index contributed by atoms with van der Waals surface area (Å²) < 4.78 is 27.4. The van der Waals surface area contributed by atoms with Crippen LogP contribution in [0.5, 0.6) is 0 Å². The SMILES string of the molecule is Nc1ncccc1S(=O)(=O)Nc1ccc(Br)cc1Cl. The van der Waals surface area contributed by atoms with Crippen LogP contribution >= 0.6 is 27.5 Å². The first-order chi connectivity index (χ1) is 8.90. The minimum absolute atomic E-state index is 0.0664. The number of benzene rings is 1. The van der Waals surface area contributed by atoms with E-state index in [4.69, 9.17) is 17.3 Å². The minimum atomic E-state index is -3.82. The Balaban J connectivity index is 2.40. The van der Waals surface area contributed by atoms with Crippen molar-refractivity contribution in [2.75, 3.05) is 10.5 Å². The Hall–Kier alpha value is -1.31. The fourth-order valence-corrected chi connectivity index (χ4v) is 3.34. The average molecular weight is 363 g/mol. The van der Waals surface area contributed by atoms with E-state index in [1.54, 1.807) is 18.2 Å². The average Bonchev–Trinajstić information content (AvgIpc) is 2.33. The second-order valence-electron chi connectivity index (χ2n) is 3.62. The van der Waals surface area contributed by atoms with Crippen LogP contribution in [0.2, 0.25) is 5.02 Å². The van der Waals surface area contributed by atoms with Crippen LogP contribution in [-0.2, 0) is 10.0 Å². The monoisotopic (exact) mass is 361 g/mol. The number of rotatable bonds is 3. The first-order valence-corrected chi connectivity index (χ1v) is 7.74. The number of nitrogens with two attached hydrogens (primary N) is 1. The molecule has 0 spiro atoms. The van der Waals surface area contributed by atoms with Gasteiger partial charge in [0.05, 0.1) is 10.7 Å². The van der Waals surface area contributed by atoms with E-state index >= 15 is 0 Å². The minimum Gasteiger partial charge on any atom is -0.383 e. The van der Waals surface area contributed by atoms with Gasteiger partial charge in [-0.1, -0.05) is 27.5 Å². The summed E-state index contributed by atoms with van der Waals surface area (Å²) >= 11 is 9.20. The maximum atomic E-state index is 12.2. The Bertz CT molecular complexity index is 722. The molecule has 2 aromatic rings. The molecule has 1 aromatic heterocycles. The summed E-state index contributed by atoms with van der Waals surface area (Å²) in [6.07, 6.45) is 1.42. The van der Waals surface area contributed by atoms with Gasteiger partial charge in [0.15, 0.2) is 0 Å². The van der Waals surface area contributed by atoms with E-state index in [0.29, 0.717) is 0 Å². The van der Waals surface area contributed by atoms with Gasteiger partial charge in [-0.25, -0.2) is 13.4 Å². The molecule has 3 N–H and O–H groups in total. The van der Waals surface area contributed by atoms with Crippen molar-refractivity contribution in [3.63, 3.8) is 0 Å². The zero-order valence-corrected chi connectivity index (χ0v) is 12.6. The third-order valence-corrected chi connectivity index (χ3v) is 4.48. The lowest BCUT2D eigenvalue weighted by Crippen LogP contribution is -2.15. The van der Waals surface area contributed by atoms with Gasteiger partial charge in [-0.3, -0.25) is 4.72 Å². The standard InChI is InChI=1S/C11H9BrClN3O2S/c12-7-3-4-9(8(13)6-7)16-19(17,18)10-2-1-5-15-11(10)14/h1-6,16H,(H2,14,15). The number of anilines is 2. The van der Waals surface area contributed by atoms with Crippen LogP contribution in [0.1, 0.15) is 0 Å². The number of halogens is 2. The molecule has 1 heterocycles. The third-order valence-electron chi connectivity index (χ3n) is 2.26. The molecule has 0 saturated carbocycles. The molecule has 0 aliphatic rings. The van der Waals surface area contributed by atoms with E-state index in [1.165, 1.54) is 18.3 Å². The number of pyridine rings is 1. The van der Waals surface area contributed by atoms with Gasteiger partial charge in [-0.05, 0) is 30.3 Å². The number of aromatic nitrogens is 1. The molecular formula is C11H9BrClN3O2S. The lowest BCUT2D eigenvalue weighted by Gasteiger charge is -2.10. The summed E-state index contributed by atoms with van der Waals surface area (Å²) in [7, 11) is -3.82. The van der Waals surface area contributed by atoms with Gasteiger partial charge in [0.25, 0.3) is 10.0 Å². The third kappa shape index (κ3) is 3.17. The maximum absolute atomic E-state index is 12.2.